The lowest BCUT2D eigenvalue weighted by molar-refractivity contribution is -0.0641. The SMILES string of the molecule is CCCCOCC(COCCCCCCCCO[C@H]1CC[C@@]2(C)C(=CC[C@H]3[C@@H]4CC[C@H](C(C)CCCC(C)C)[C@@]4(C)CC[C@@H]32)C1)N(C)C. The van der Waals surface area contributed by atoms with Crippen molar-refractivity contribution in [1.82, 2.24) is 4.90 Å². The predicted octanol–water partition coefficient (Wildman–Crippen LogP) is 11.5. The van der Waals surface area contributed by atoms with E-state index in [1.165, 1.54) is 116 Å². The van der Waals surface area contributed by atoms with Crippen molar-refractivity contribution in [3.8, 4) is 0 Å². The number of fused-ring (bicyclic) bond motifs is 5. The fourth-order valence-corrected chi connectivity index (χ4v) is 11.1. The van der Waals surface area contributed by atoms with Crippen molar-refractivity contribution < 1.29 is 14.2 Å². The molecule has 2 unspecified atom stereocenters. The molecule has 48 heavy (non-hydrogen) atoms. The molecule has 0 radical (unpaired) electrons. The van der Waals surface area contributed by atoms with Crippen LogP contribution in [0.4, 0.5) is 0 Å². The van der Waals surface area contributed by atoms with Crippen molar-refractivity contribution in [2.24, 2.45) is 46.3 Å². The van der Waals surface area contributed by atoms with Gasteiger partial charge in [0.1, 0.15) is 0 Å². The molecule has 4 rings (SSSR count). The van der Waals surface area contributed by atoms with Crippen LogP contribution in [0.1, 0.15) is 164 Å². The summed E-state index contributed by atoms with van der Waals surface area (Å²) in [6.45, 7) is 19.2. The number of ether oxygens (including phenoxy) is 3. The number of likely N-dealkylation sites (N-methyl/N-ethyl adjacent to an activating group) is 1. The lowest BCUT2D eigenvalue weighted by Crippen LogP contribution is -2.51. The second kappa shape index (κ2) is 20.0. The first kappa shape index (κ1) is 40.4. The third-order valence-corrected chi connectivity index (χ3v) is 14.3. The lowest BCUT2D eigenvalue weighted by Gasteiger charge is -2.58. The van der Waals surface area contributed by atoms with Gasteiger partial charge in [-0.15, -0.1) is 0 Å². The molecule has 0 saturated heterocycles. The van der Waals surface area contributed by atoms with Crippen LogP contribution in [0.2, 0.25) is 0 Å². The van der Waals surface area contributed by atoms with Gasteiger partial charge in [0.25, 0.3) is 0 Å². The van der Waals surface area contributed by atoms with Crippen molar-refractivity contribution in [2.45, 2.75) is 176 Å². The Labute approximate surface area is 299 Å². The van der Waals surface area contributed by atoms with Gasteiger partial charge in [-0.05, 0) is 131 Å². The molecule has 0 spiro atoms. The van der Waals surface area contributed by atoms with E-state index in [4.69, 9.17) is 14.2 Å². The van der Waals surface area contributed by atoms with Gasteiger partial charge >= 0.3 is 0 Å². The van der Waals surface area contributed by atoms with Gasteiger partial charge in [0.2, 0.25) is 0 Å². The van der Waals surface area contributed by atoms with Crippen molar-refractivity contribution in [2.75, 3.05) is 47.1 Å². The summed E-state index contributed by atoms with van der Waals surface area (Å²) in [5.41, 5.74) is 2.81. The van der Waals surface area contributed by atoms with Gasteiger partial charge in [-0.25, -0.2) is 0 Å². The number of rotatable bonds is 23. The highest BCUT2D eigenvalue weighted by molar-refractivity contribution is 5.25. The third-order valence-electron chi connectivity index (χ3n) is 14.3. The highest BCUT2D eigenvalue weighted by atomic mass is 16.5. The number of nitrogens with zero attached hydrogens (tertiary/aromatic N) is 1. The first-order valence-electron chi connectivity index (χ1n) is 21.2. The minimum Gasteiger partial charge on any atom is -0.380 e. The van der Waals surface area contributed by atoms with E-state index >= 15 is 0 Å². The van der Waals surface area contributed by atoms with Crippen molar-refractivity contribution in [3.05, 3.63) is 11.6 Å². The summed E-state index contributed by atoms with van der Waals surface area (Å²) >= 11 is 0. The predicted molar refractivity (Wildman–Crippen MR) is 205 cm³/mol. The van der Waals surface area contributed by atoms with E-state index in [-0.39, 0.29) is 0 Å². The summed E-state index contributed by atoms with van der Waals surface area (Å²) in [5.74, 6) is 5.51. The average Bonchev–Trinajstić information content (AvgIpc) is 3.41. The molecule has 3 fully saturated rings. The zero-order valence-corrected chi connectivity index (χ0v) is 33.3. The molecule has 0 aromatic heterocycles. The summed E-state index contributed by atoms with van der Waals surface area (Å²) in [6, 6.07) is 0.354. The number of hydrogen-bond donors (Lipinski definition) is 0. The first-order chi connectivity index (χ1) is 23.1. The molecule has 280 valence electrons. The second-order valence-electron chi connectivity index (χ2n) is 18.3. The van der Waals surface area contributed by atoms with E-state index in [9.17, 15) is 0 Å². The van der Waals surface area contributed by atoms with Crippen LogP contribution in [-0.2, 0) is 14.2 Å². The Morgan fingerprint density at radius 3 is 2.15 bits per heavy atom. The van der Waals surface area contributed by atoms with Gasteiger partial charge in [-0.1, -0.05) is 105 Å². The van der Waals surface area contributed by atoms with Crippen LogP contribution in [0, 0.1) is 46.3 Å². The highest BCUT2D eigenvalue weighted by Crippen LogP contribution is 2.67. The maximum atomic E-state index is 6.55. The molecule has 0 amide bonds. The molecule has 3 saturated carbocycles. The normalized spacial score (nSPS) is 33.0. The van der Waals surface area contributed by atoms with Gasteiger partial charge in [0, 0.05) is 19.8 Å². The van der Waals surface area contributed by atoms with Crippen LogP contribution in [0.5, 0.6) is 0 Å². The molecule has 4 aliphatic rings. The van der Waals surface area contributed by atoms with E-state index < -0.39 is 0 Å². The van der Waals surface area contributed by atoms with Crippen molar-refractivity contribution in [1.29, 1.82) is 0 Å². The molecule has 4 aliphatic carbocycles. The summed E-state index contributed by atoms with van der Waals surface area (Å²) in [4.78, 5) is 2.23. The van der Waals surface area contributed by atoms with Gasteiger partial charge in [0.05, 0.1) is 25.4 Å². The highest BCUT2D eigenvalue weighted by Gasteiger charge is 2.59. The molecule has 0 heterocycles. The molecule has 0 aromatic rings. The van der Waals surface area contributed by atoms with Crippen molar-refractivity contribution in [3.63, 3.8) is 0 Å². The maximum absolute atomic E-state index is 6.55. The molecule has 9 atom stereocenters. The van der Waals surface area contributed by atoms with E-state index in [2.05, 4.69) is 66.6 Å². The Morgan fingerprint density at radius 1 is 0.771 bits per heavy atom. The molecule has 0 aromatic carbocycles. The summed E-state index contributed by atoms with van der Waals surface area (Å²) in [7, 11) is 4.25. The number of hydrogen-bond acceptors (Lipinski definition) is 4. The van der Waals surface area contributed by atoms with Gasteiger partial charge < -0.3 is 19.1 Å². The van der Waals surface area contributed by atoms with E-state index in [0.29, 0.717) is 23.0 Å². The quantitative estimate of drug-likeness (QED) is 0.0799. The fraction of sp³-hybridized carbons (Fsp3) is 0.955. The fourth-order valence-electron chi connectivity index (χ4n) is 11.1. The smallest absolute Gasteiger partial charge is 0.0644 e. The van der Waals surface area contributed by atoms with Crippen LogP contribution in [-0.4, -0.2) is 64.2 Å². The van der Waals surface area contributed by atoms with Crippen LogP contribution in [0.15, 0.2) is 11.6 Å². The zero-order chi connectivity index (χ0) is 34.6. The largest absolute Gasteiger partial charge is 0.380 e. The lowest BCUT2D eigenvalue weighted by atomic mass is 9.47. The van der Waals surface area contributed by atoms with Gasteiger partial charge in [0.15, 0.2) is 0 Å². The first-order valence-corrected chi connectivity index (χ1v) is 21.2. The van der Waals surface area contributed by atoms with Crippen molar-refractivity contribution >= 4 is 0 Å². The molecular weight excluding hydrogens is 590 g/mol. The molecule has 0 N–H and O–H groups in total. The Bertz CT molecular complexity index is 932. The van der Waals surface area contributed by atoms with Gasteiger partial charge in [-0.3, -0.25) is 0 Å². The van der Waals surface area contributed by atoms with E-state index in [1.807, 2.05) is 0 Å². The minimum absolute atomic E-state index is 0.354. The number of unbranched alkanes of at least 4 members (excludes halogenated alkanes) is 6. The summed E-state index contributed by atoms with van der Waals surface area (Å²) < 4.78 is 18.4. The third kappa shape index (κ3) is 10.8. The molecule has 4 nitrogen and oxygen atoms in total. The molecular formula is C44H81NO3. The average molecular weight is 672 g/mol. The van der Waals surface area contributed by atoms with Crippen LogP contribution in [0.3, 0.4) is 0 Å². The monoisotopic (exact) mass is 672 g/mol. The zero-order valence-electron chi connectivity index (χ0n) is 33.3. The topological polar surface area (TPSA) is 30.9 Å². The second-order valence-corrected chi connectivity index (χ2v) is 18.3. The van der Waals surface area contributed by atoms with Gasteiger partial charge in [-0.2, -0.15) is 0 Å². The molecule has 0 bridgehead atoms. The number of allylic oxidation sites excluding steroid dienone is 1. The Balaban J connectivity index is 1.09. The summed E-state index contributed by atoms with van der Waals surface area (Å²) in [5, 5.41) is 0. The Kier molecular flexibility index (Phi) is 16.8. The standard InChI is InChI=1S/C44H81NO3/c1-9-10-28-46-32-37(45(7)8)33-47-29-15-13-11-12-14-16-30-48-38-24-26-43(5)36(31-38)20-21-39-41-23-22-40(35(4)19-17-18-34(2)3)44(41,6)27-25-42(39)43/h20,34-35,37-42H,9-19,21-33H2,1-8H3/t35?,37?,38-,39-,40+,41-,42-,43-,44+/m0/s1. The Morgan fingerprint density at radius 2 is 1.46 bits per heavy atom. The molecule has 0 aliphatic heterocycles. The maximum Gasteiger partial charge on any atom is 0.0644 e. The van der Waals surface area contributed by atoms with E-state index in [1.54, 1.807) is 5.57 Å². The van der Waals surface area contributed by atoms with Crippen LogP contribution in [0.25, 0.3) is 0 Å². The van der Waals surface area contributed by atoms with Crippen LogP contribution < -0.4 is 0 Å². The van der Waals surface area contributed by atoms with Crippen LogP contribution >= 0.6 is 0 Å². The minimum atomic E-state index is 0.354. The Hall–Kier alpha value is -0.420. The summed E-state index contributed by atoms with van der Waals surface area (Å²) in [6.07, 6.45) is 28.6. The molecule has 4 heteroatoms. The van der Waals surface area contributed by atoms with E-state index in [0.717, 1.165) is 75.0 Å².